The van der Waals surface area contributed by atoms with Crippen molar-refractivity contribution in [3.63, 3.8) is 0 Å². The maximum atomic E-state index is 11.5. The summed E-state index contributed by atoms with van der Waals surface area (Å²) in [5.74, 6) is -1.42. The monoisotopic (exact) mass is 448 g/mol. The highest BCUT2D eigenvalue weighted by Crippen LogP contribution is 2.28. The van der Waals surface area contributed by atoms with Crippen molar-refractivity contribution >= 4 is 46.6 Å². The van der Waals surface area contributed by atoms with Crippen molar-refractivity contribution in [3.05, 3.63) is 47.4 Å². The Labute approximate surface area is 180 Å². The number of carbonyl (C=O) groups is 3. The first-order valence-electron chi connectivity index (χ1n) is 8.69. The van der Waals surface area contributed by atoms with Crippen LogP contribution in [0.15, 0.2) is 30.5 Å². The zero-order valence-corrected chi connectivity index (χ0v) is 16.8. The van der Waals surface area contributed by atoms with E-state index >= 15 is 0 Å². The Morgan fingerprint density at radius 3 is 2.87 bits per heavy atom. The first kappa shape index (κ1) is 21.8. The molecule has 1 amide bonds. The van der Waals surface area contributed by atoms with Gasteiger partial charge in [-0.3, -0.25) is 4.79 Å². The summed E-state index contributed by atoms with van der Waals surface area (Å²) in [5, 5.41) is 15.4. The number of amides is 1. The molecule has 0 radical (unpaired) electrons. The third kappa shape index (κ3) is 4.82. The van der Waals surface area contributed by atoms with Crippen molar-refractivity contribution in [1.29, 1.82) is 0 Å². The number of aromatic nitrogens is 3. The van der Waals surface area contributed by atoms with Gasteiger partial charge in [0.15, 0.2) is 23.6 Å². The van der Waals surface area contributed by atoms with Gasteiger partial charge in [-0.15, -0.1) is 0 Å². The molecule has 0 unspecified atom stereocenters. The van der Waals surface area contributed by atoms with E-state index in [-0.39, 0.29) is 35.2 Å². The molecule has 0 saturated carbocycles. The molecule has 162 valence electrons. The molecule has 0 atom stereocenters. The fourth-order valence-corrected chi connectivity index (χ4v) is 2.81. The zero-order chi connectivity index (χ0) is 22.5. The van der Waals surface area contributed by atoms with Gasteiger partial charge < -0.3 is 25.6 Å². The van der Waals surface area contributed by atoms with Crippen LogP contribution >= 0.6 is 11.8 Å². The number of fused-ring (bicyclic) bond motifs is 2. The Kier molecular flexibility index (Phi) is 6.52. The Balaban J connectivity index is 0.000000179. The molecule has 5 N–H and O–H groups in total. The van der Waals surface area contributed by atoms with Gasteiger partial charge in [0, 0.05) is 12.6 Å². The molecule has 0 bridgehead atoms. The molecule has 1 aromatic carbocycles. The quantitative estimate of drug-likeness (QED) is 0.334. The van der Waals surface area contributed by atoms with Crippen LogP contribution in [0.5, 0.6) is 5.75 Å². The zero-order valence-electron chi connectivity index (χ0n) is 16.1. The van der Waals surface area contributed by atoms with Gasteiger partial charge in [0.25, 0.3) is 5.91 Å². The van der Waals surface area contributed by atoms with Crippen molar-refractivity contribution in [1.82, 2.24) is 19.4 Å². The van der Waals surface area contributed by atoms with E-state index in [1.165, 1.54) is 13.3 Å². The number of methoxy groups -OCH3 is 1. The van der Waals surface area contributed by atoms with Crippen molar-refractivity contribution in [3.8, 4) is 5.75 Å². The molecule has 4 rings (SSSR count). The molecule has 12 nitrogen and oxygen atoms in total. The molecule has 0 fully saturated rings. The standard InChI is InChI=1S/C9H9ClN2O2.C9H8N4O4/c10-11-4-6-1-2-8-7(3-6)12-9(13)5-14-8;1-17-9(16)6-2-5(8(14)15)12-7-4(10)3-11-13(6)7/h1-3,11H,4-5H2,(H,12,13);2-3H,10H2,1H3,(H,14,15). The highest BCUT2D eigenvalue weighted by atomic mass is 35.5. The van der Waals surface area contributed by atoms with E-state index in [1.54, 1.807) is 0 Å². The van der Waals surface area contributed by atoms with Crippen molar-refractivity contribution < 1.29 is 29.0 Å². The molecule has 3 aromatic rings. The minimum atomic E-state index is -1.27. The van der Waals surface area contributed by atoms with Gasteiger partial charge in [0.2, 0.25) is 0 Å². The first-order chi connectivity index (χ1) is 14.8. The number of nitrogens with zero attached hydrogens (tertiary/aromatic N) is 3. The molecule has 0 saturated heterocycles. The number of nitrogen functional groups attached to an aromatic ring is 1. The Morgan fingerprint density at radius 1 is 1.42 bits per heavy atom. The Bertz CT molecular complexity index is 1160. The van der Waals surface area contributed by atoms with E-state index in [4.69, 9.17) is 27.4 Å². The van der Waals surface area contributed by atoms with E-state index in [0.29, 0.717) is 18.0 Å². The second-order valence-corrected chi connectivity index (χ2v) is 6.40. The molecule has 1 aliphatic rings. The van der Waals surface area contributed by atoms with Gasteiger partial charge in [-0.1, -0.05) is 6.07 Å². The number of nitrogens with two attached hydrogens (primary N) is 1. The summed E-state index contributed by atoms with van der Waals surface area (Å²) >= 11 is 5.38. The van der Waals surface area contributed by atoms with Gasteiger partial charge in [-0.2, -0.15) is 5.10 Å². The predicted octanol–water partition coefficient (Wildman–Crippen LogP) is 1.06. The van der Waals surface area contributed by atoms with Crippen LogP contribution in [0.1, 0.15) is 26.5 Å². The van der Waals surface area contributed by atoms with Crippen molar-refractivity contribution in [2.75, 3.05) is 24.8 Å². The van der Waals surface area contributed by atoms with Gasteiger partial charge in [0.05, 0.1) is 24.7 Å². The smallest absolute Gasteiger partial charge is 0.356 e. The van der Waals surface area contributed by atoms with Gasteiger partial charge in [-0.05, 0) is 29.5 Å². The minimum Gasteiger partial charge on any atom is -0.482 e. The van der Waals surface area contributed by atoms with E-state index in [1.807, 2.05) is 18.2 Å². The second kappa shape index (κ2) is 9.28. The maximum Gasteiger partial charge on any atom is 0.356 e. The van der Waals surface area contributed by atoms with E-state index in [9.17, 15) is 14.4 Å². The SMILES string of the molecule is COC(=O)c1cc(C(=O)O)nc2c(N)cnn12.O=C1COc2ccc(CNCl)cc2N1. The lowest BCUT2D eigenvalue weighted by Gasteiger charge is -2.18. The molecular formula is C18H17ClN6O6. The van der Waals surface area contributed by atoms with Crippen LogP contribution in [-0.2, 0) is 16.1 Å². The third-order valence-corrected chi connectivity index (χ3v) is 4.19. The van der Waals surface area contributed by atoms with Gasteiger partial charge in [0.1, 0.15) is 5.75 Å². The fraction of sp³-hybridized carbons (Fsp3) is 0.167. The summed E-state index contributed by atoms with van der Waals surface area (Å²) in [7, 11) is 1.18. The fourth-order valence-electron chi connectivity index (χ4n) is 2.66. The lowest BCUT2D eigenvalue weighted by Crippen LogP contribution is -2.25. The number of aromatic carboxylic acids is 1. The van der Waals surface area contributed by atoms with E-state index < -0.39 is 11.9 Å². The van der Waals surface area contributed by atoms with Crippen LogP contribution < -0.4 is 20.6 Å². The van der Waals surface area contributed by atoms with E-state index in [2.05, 4.69) is 25.0 Å². The van der Waals surface area contributed by atoms with Crippen molar-refractivity contribution in [2.45, 2.75) is 6.54 Å². The minimum absolute atomic E-state index is 0.0494. The molecule has 13 heteroatoms. The number of hydrogen-bond donors (Lipinski definition) is 4. The summed E-state index contributed by atoms with van der Waals surface area (Å²) < 4.78 is 10.9. The molecule has 0 spiro atoms. The maximum absolute atomic E-state index is 11.5. The number of esters is 1. The number of nitrogens with one attached hydrogen (secondary N) is 2. The average Bonchev–Trinajstić information content (AvgIpc) is 3.13. The Morgan fingerprint density at radius 2 is 2.19 bits per heavy atom. The molecule has 31 heavy (non-hydrogen) atoms. The molecular weight excluding hydrogens is 432 g/mol. The number of anilines is 2. The molecule has 1 aliphatic heterocycles. The number of carboxylic acids is 1. The van der Waals surface area contributed by atoms with Crippen LogP contribution in [0.4, 0.5) is 11.4 Å². The molecule has 3 heterocycles. The lowest BCUT2D eigenvalue weighted by atomic mass is 10.1. The van der Waals surface area contributed by atoms with Crippen LogP contribution in [0.3, 0.4) is 0 Å². The van der Waals surface area contributed by atoms with Crippen LogP contribution in [0.25, 0.3) is 5.65 Å². The second-order valence-electron chi connectivity index (χ2n) is 6.14. The number of carbonyl (C=O) groups excluding carboxylic acids is 2. The number of halogens is 1. The number of hydrogen-bond acceptors (Lipinski definition) is 9. The van der Waals surface area contributed by atoms with Crippen molar-refractivity contribution in [2.24, 2.45) is 0 Å². The van der Waals surface area contributed by atoms with Crippen LogP contribution in [-0.4, -0.2) is 51.3 Å². The first-order valence-corrected chi connectivity index (χ1v) is 9.06. The summed E-state index contributed by atoms with van der Waals surface area (Å²) in [5.41, 5.74) is 7.19. The number of carboxylic acid groups (broad SMARTS) is 1. The summed E-state index contributed by atoms with van der Waals surface area (Å²) in [6.45, 7) is 0.630. The molecule has 0 aliphatic carbocycles. The van der Waals surface area contributed by atoms with Gasteiger partial charge >= 0.3 is 11.9 Å². The third-order valence-electron chi connectivity index (χ3n) is 4.06. The molecule has 2 aromatic heterocycles. The predicted molar refractivity (Wildman–Crippen MR) is 109 cm³/mol. The largest absolute Gasteiger partial charge is 0.482 e. The normalized spacial score (nSPS) is 12.1. The number of ether oxygens (including phenoxy) is 2. The number of benzene rings is 1. The summed E-state index contributed by atoms with van der Waals surface area (Å²) in [6, 6.07) is 6.62. The average molecular weight is 449 g/mol. The Hall–Kier alpha value is -3.90. The highest BCUT2D eigenvalue weighted by Gasteiger charge is 2.19. The van der Waals surface area contributed by atoms with Gasteiger partial charge in [-0.25, -0.2) is 23.9 Å². The number of rotatable bonds is 4. The topological polar surface area (TPSA) is 170 Å². The van der Waals surface area contributed by atoms with Crippen LogP contribution in [0, 0.1) is 0 Å². The summed E-state index contributed by atoms with van der Waals surface area (Å²) in [4.78, 5) is 39.6. The summed E-state index contributed by atoms with van der Waals surface area (Å²) in [6.07, 6.45) is 1.28. The van der Waals surface area contributed by atoms with E-state index in [0.717, 1.165) is 16.1 Å². The lowest BCUT2D eigenvalue weighted by molar-refractivity contribution is -0.118. The van der Waals surface area contributed by atoms with Crippen LogP contribution in [0.2, 0.25) is 0 Å². The highest BCUT2D eigenvalue weighted by molar-refractivity contribution is 6.13.